The Hall–Kier alpha value is -1.35. The molecule has 1 unspecified atom stereocenters. The van der Waals surface area contributed by atoms with Crippen LogP contribution in [0.5, 0.6) is 0 Å². The molecule has 1 aromatic heterocycles. The predicted molar refractivity (Wildman–Crippen MR) is 76.9 cm³/mol. The Balaban J connectivity index is 2.06. The van der Waals surface area contributed by atoms with Crippen molar-refractivity contribution in [2.75, 3.05) is 24.5 Å². The molecule has 0 saturated carbocycles. The molecule has 0 fully saturated rings. The lowest BCUT2D eigenvalue weighted by molar-refractivity contribution is 0.570. The maximum atomic E-state index is 4.49. The summed E-state index contributed by atoms with van der Waals surface area (Å²) in [6.07, 6.45) is 8.67. The highest BCUT2D eigenvalue weighted by Gasteiger charge is 2.11. The van der Waals surface area contributed by atoms with Crippen LogP contribution in [0.1, 0.15) is 38.3 Å². The standard InChI is InChI=1S/C15H23N3/c1-3-8-16-13(2)14-7-9-17-15(12-14)18-10-5-4-6-11-18/h4-5,7,9,12-13,16H,3,6,8,10-11H2,1-2H3. The first-order valence-electron chi connectivity index (χ1n) is 6.90. The second-order valence-electron chi connectivity index (χ2n) is 4.83. The molecule has 0 aliphatic carbocycles. The number of anilines is 1. The smallest absolute Gasteiger partial charge is 0.129 e. The first-order valence-corrected chi connectivity index (χ1v) is 6.90. The first kappa shape index (κ1) is 13.1. The molecule has 0 amide bonds. The summed E-state index contributed by atoms with van der Waals surface area (Å²) < 4.78 is 0. The van der Waals surface area contributed by atoms with Crippen molar-refractivity contribution in [2.45, 2.75) is 32.7 Å². The molecule has 0 bridgehead atoms. The van der Waals surface area contributed by atoms with E-state index in [1.165, 1.54) is 12.0 Å². The van der Waals surface area contributed by atoms with Crippen LogP contribution in [0.2, 0.25) is 0 Å². The van der Waals surface area contributed by atoms with Crippen molar-refractivity contribution in [1.29, 1.82) is 0 Å². The fraction of sp³-hybridized carbons (Fsp3) is 0.533. The summed E-state index contributed by atoms with van der Waals surface area (Å²) in [5.74, 6) is 1.10. The Morgan fingerprint density at radius 1 is 1.44 bits per heavy atom. The number of hydrogen-bond donors (Lipinski definition) is 1. The third-order valence-electron chi connectivity index (χ3n) is 3.35. The average molecular weight is 245 g/mol. The predicted octanol–water partition coefficient (Wildman–Crippen LogP) is 2.91. The number of pyridine rings is 1. The van der Waals surface area contributed by atoms with E-state index in [2.05, 4.69) is 53.3 Å². The minimum absolute atomic E-state index is 0.395. The Kier molecular flexibility index (Phi) is 4.76. The van der Waals surface area contributed by atoms with Gasteiger partial charge < -0.3 is 10.2 Å². The summed E-state index contributed by atoms with van der Waals surface area (Å²) in [7, 11) is 0. The van der Waals surface area contributed by atoms with Crippen LogP contribution < -0.4 is 10.2 Å². The number of hydrogen-bond acceptors (Lipinski definition) is 3. The second kappa shape index (κ2) is 6.55. The zero-order chi connectivity index (χ0) is 12.8. The van der Waals surface area contributed by atoms with E-state index in [0.717, 1.165) is 31.9 Å². The van der Waals surface area contributed by atoms with E-state index in [0.29, 0.717) is 6.04 Å². The Labute approximate surface area is 110 Å². The van der Waals surface area contributed by atoms with Gasteiger partial charge >= 0.3 is 0 Å². The zero-order valence-corrected chi connectivity index (χ0v) is 11.4. The van der Waals surface area contributed by atoms with Crippen molar-refractivity contribution in [3.8, 4) is 0 Å². The number of rotatable bonds is 5. The van der Waals surface area contributed by atoms with E-state index in [9.17, 15) is 0 Å². The minimum Gasteiger partial charge on any atom is -0.353 e. The van der Waals surface area contributed by atoms with Crippen LogP contribution in [0, 0.1) is 0 Å². The van der Waals surface area contributed by atoms with Crippen molar-refractivity contribution in [3.05, 3.63) is 36.0 Å². The average Bonchev–Trinajstić information content (AvgIpc) is 2.46. The highest BCUT2D eigenvalue weighted by Crippen LogP contribution is 2.19. The highest BCUT2D eigenvalue weighted by molar-refractivity contribution is 5.43. The fourth-order valence-electron chi connectivity index (χ4n) is 2.20. The Morgan fingerprint density at radius 3 is 3.06 bits per heavy atom. The monoisotopic (exact) mass is 245 g/mol. The van der Waals surface area contributed by atoms with E-state index < -0.39 is 0 Å². The molecule has 18 heavy (non-hydrogen) atoms. The highest BCUT2D eigenvalue weighted by atomic mass is 15.2. The van der Waals surface area contributed by atoms with Gasteiger partial charge in [-0.1, -0.05) is 19.1 Å². The lowest BCUT2D eigenvalue weighted by Gasteiger charge is -2.25. The zero-order valence-electron chi connectivity index (χ0n) is 11.4. The molecule has 1 aromatic rings. The van der Waals surface area contributed by atoms with Crippen LogP contribution >= 0.6 is 0 Å². The second-order valence-corrected chi connectivity index (χ2v) is 4.83. The van der Waals surface area contributed by atoms with E-state index in [4.69, 9.17) is 0 Å². The van der Waals surface area contributed by atoms with Gasteiger partial charge in [0.15, 0.2) is 0 Å². The maximum Gasteiger partial charge on any atom is 0.129 e. The number of nitrogens with zero attached hydrogens (tertiary/aromatic N) is 2. The lowest BCUT2D eigenvalue weighted by Crippen LogP contribution is -2.28. The summed E-state index contributed by atoms with van der Waals surface area (Å²) in [5, 5.41) is 3.52. The van der Waals surface area contributed by atoms with Gasteiger partial charge in [0.2, 0.25) is 0 Å². The normalized spacial score (nSPS) is 16.9. The van der Waals surface area contributed by atoms with Crippen LogP contribution in [-0.2, 0) is 0 Å². The lowest BCUT2D eigenvalue weighted by atomic mass is 10.1. The van der Waals surface area contributed by atoms with Gasteiger partial charge in [0, 0.05) is 25.3 Å². The Morgan fingerprint density at radius 2 is 2.33 bits per heavy atom. The molecular formula is C15H23N3. The quantitative estimate of drug-likeness (QED) is 0.808. The van der Waals surface area contributed by atoms with Crippen molar-refractivity contribution in [1.82, 2.24) is 10.3 Å². The SMILES string of the molecule is CCCNC(C)c1ccnc(N2CC=CCC2)c1. The van der Waals surface area contributed by atoms with Gasteiger partial charge in [0.1, 0.15) is 5.82 Å². The van der Waals surface area contributed by atoms with E-state index in [1.807, 2.05) is 6.20 Å². The van der Waals surface area contributed by atoms with Crippen molar-refractivity contribution in [2.24, 2.45) is 0 Å². The molecule has 0 spiro atoms. The molecule has 3 nitrogen and oxygen atoms in total. The first-order chi connectivity index (χ1) is 8.81. The molecule has 1 N–H and O–H groups in total. The van der Waals surface area contributed by atoms with Gasteiger partial charge in [0.25, 0.3) is 0 Å². The summed E-state index contributed by atoms with van der Waals surface area (Å²) in [5.41, 5.74) is 1.32. The minimum atomic E-state index is 0.395. The van der Waals surface area contributed by atoms with Crippen molar-refractivity contribution in [3.63, 3.8) is 0 Å². The summed E-state index contributed by atoms with van der Waals surface area (Å²) >= 11 is 0. The summed E-state index contributed by atoms with van der Waals surface area (Å²) in [4.78, 5) is 6.82. The molecule has 1 atom stereocenters. The molecule has 2 rings (SSSR count). The Bertz CT molecular complexity index is 400. The molecule has 1 aliphatic heterocycles. The van der Waals surface area contributed by atoms with Crippen LogP contribution in [0.3, 0.4) is 0 Å². The van der Waals surface area contributed by atoms with Crippen LogP contribution in [-0.4, -0.2) is 24.6 Å². The third kappa shape index (κ3) is 3.33. The van der Waals surface area contributed by atoms with E-state index in [1.54, 1.807) is 0 Å². The van der Waals surface area contributed by atoms with Gasteiger partial charge in [-0.3, -0.25) is 0 Å². The molecule has 0 radical (unpaired) electrons. The van der Waals surface area contributed by atoms with E-state index >= 15 is 0 Å². The summed E-state index contributed by atoms with van der Waals surface area (Å²) in [6.45, 7) is 7.52. The third-order valence-corrected chi connectivity index (χ3v) is 3.35. The molecule has 98 valence electrons. The van der Waals surface area contributed by atoms with E-state index in [-0.39, 0.29) is 0 Å². The number of aromatic nitrogens is 1. The molecule has 0 aromatic carbocycles. The van der Waals surface area contributed by atoms with Gasteiger partial charge in [-0.15, -0.1) is 0 Å². The molecule has 0 saturated heterocycles. The molecular weight excluding hydrogens is 222 g/mol. The molecule has 1 aliphatic rings. The van der Waals surface area contributed by atoms with Gasteiger partial charge in [-0.05, 0) is 44.0 Å². The number of nitrogens with one attached hydrogen (secondary N) is 1. The fourth-order valence-corrected chi connectivity index (χ4v) is 2.20. The van der Waals surface area contributed by atoms with Crippen LogP contribution in [0.15, 0.2) is 30.5 Å². The maximum absolute atomic E-state index is 4.49. The van der Waals surface area contributed by atoms with Gasteiger partial charge in [-0.2, -0.15) is 0 Å². The van der Waals surface area contributed by atoms with Crippen LogP contribution in [0.25, 0.3) is 0 Å². The molecule has 3 heteroatoms. The van der Waals surface area contributed by atoms with Gasteiger partial charge in [0.05, 0.1) is 0 Å². The van der Waals surface area contributed by atoms with Crippen molar-refractivity contribution < 1.29 is 0 Å². The van der Waals surface area contributed by atoms with Gasteiger partial charge in [-0.25, -0.2) is 4.98 Å². The largest absolute Gasteiger partial charge is 0.353 e. The van der Waals surface area contributed by atoms with Crippen LogP contribution in [0.4, 0.5) is 5.82 Å². The van der Waals surface area contributed by atoms with Crippen molar-refractivity contribution >= 4 is 5.82 Å². The molecule has 2 heterocycles. The summed E-state index contributed by atoms with van der Waals surface area (Å²) in [6, 6.07) is 4.72. The topological polar surface area (TPSA) is 28.2 Å².